The minimum absolute atomic E-state index is 0.256. The number of hydrogen-bond acceptors (Lipinski definition) is 4. The number of ether oxygens (including phenoxy) is 1. The number of aromatic amines is 1. The van der Waals surface area contributed by atoms with Gasteiger partial charge in [0.2, 0.25) is 0 Å². The second-order valence-corrected chi connectivity index (χ2v) is 8.93. The predicted octanol–water partition coefficient (Wildman–Crippen LogP) is 7.25. The van der Waals surface area contributed by atoms with Crippen LogP contribution >= 0.6 is 34.5 Å². The van der Waals surface area contributed by atoms with E-state index >= 15 is 0 Å². The van der Waals surface area contributed by atoms with Crippen molar-refractivity contribution in [1.82, 2.24) is 9.97 Å². The Morgan fingerprint density at radius 3 is 2.73 bits per heavy atom. The molecule has 7 heteroatoms. The molecule has 30 heavy (non-hydrogen) atoms. The van der Waals surface area contributed by atoms with Gasteiger partial charge >= 0.3 is 0 Å². The molecule has 1 N–H and O–H groups in total. The van der Waals surface area contributed by atoms with Gasteiger partial charge < -0.3 is 14.6 Å². The van der Waals surface area contributed by atoms with Crippen LogP contribution in [0.25, 0.3) is 21.1 Å². The third-order valence-corrected chi connectivity index (χ3v) is 6.76. The van der Waals surface area contributed by atoms with Crippen LogP contribution in [0.5, 0.6) is 0 Å². The second-order valence-electron chi connectivity index (χ2n) is 7.05. The Morgan fingerprint density at radius 1 is 1.17 bits per heavy atom. The van der Waals surface area contributed by atoms with E-state index in [1.165, 1.54) is 16.6 Å². The van der Waals surface area contributed by atoms with Gasteiger partial charge in [0.1, 0.15) is 0 Å². The third-order valence-electron chi connectivity index (χ3n) is 5.21. The zero-order valence-corrected chi connectivity index (χ0v) is 19.7. The first-order valence-corrected chi connectivity index (χ1v) is 11.9. The van der Waals surface area contributed by atoms with E-state index in [-0.39, 0.29) is 5.92 Å². The van der Waals surface area contributed by atoms with Crippen molar-refractivity contribution in [3.8, 4) is 0 Å². The molecule has 2 aromatic heterocycles. The zero-order valence-electron chi connectivity index (χ0n) is 17.3. The van der Waals surface area contributed by atoms with Crippen LogP contribution in [-0.2, 0) is 11.3 Å². The molecule has 0 bridgehead atoms. The highest BCUT2D eigenvalue weighted by molar-refractivity contribution is 7.22. The number of thiazole rings is 1. The zero-order chi connectivity index (χ0) is 21.3. The molecule has 0 spiro atoms. The average molecular weight is 462 g/mol. The van der Waals surface area contributed by atoms with Gasteiger partial charge in [0.05, 0.1) is 23.4 Å². The fourth-order valence-electron chi connectivity index (χ4n) is 4.01. The van der Waals surface area contributed by atoms with Gasteiger partial charge in [-0.25, -0.2) is 4.98 Å². The van der Waals surface area contributed by atoms with Gasteiger partial charge in [-0.3, -0.25) is 0 Å². The maximum atomic E-state index is 6.28. The Hall–Kier alpha value is -1.79. The summed E-state index contributed by atoms with van der Waals surface area (Å²) in [6.07, 6.45) is 0. The van der Waals surface area contributed by atoms with Crippen molar-refractivity contribution >= 4 is 60.8 Å². The summed E-state index contributed by atoms with van der Waals surface area (Å²) in [6, 6.07) is 11.9. The summed E-state index contributed by atoms with van der Waals surface area (Å²) in [5.41, 5.74) is 4.64. The van der Waals surface area contributed by atoms with E-state index in [1.807, 2.05) is 45.0 Å². The van der Waals surface area contributed by atoms with Crippen LogP contribution in [0.15, 0.2) is 36.4 Å². The summed E-state index contributed by atoms with van der Waals surface area (Å²) in [7, 11) is 0. The highest BCUT2D eigenvalue weighted by Crippen LogP contribution is 2.39. The molecule has 3 heterocycles. The first kappa shape index (κ1) is 21.4. The first-order chi connectivity index (χ1) is 14.6. The molecular weight excluding hydrogens is 437 g/mol. The summed E-state index contributed by atoms with van der Waals surface area (Å²) >= 11 is 14.1. The lowest BCUT2D eigenvalue weighted by Gasteiger charge is -2.32. The van der Waals surface area contributed by atoms with E-state index in [4.69, 9.17) is 32.9 Å². The molecule has 4 nitrogen and oxygen atoms in total. The standard InChI is InChI=1S/C21H19Cl2N3OS.C2H6/c1-2-27-11-12-9-26(21-25-17-6-4-14(23)8-19(17)28-21)10-18-20(12)15-7-13(22)3-5-16(15)24-18;1-2/h3-8,12,24H,2,9-11H2,1H3;1-2H3. The van der Waals surface area contributed by atoms with E-state index in [1.54, 1.807) is 11.3 Å². The number of H-pyrrole nitrogens is 1. The molecule has 0 aliphatic carbocycles. The molecule has 0 saturated carbocycles. The van der Waals surface area contributed by atoms with Crippen LogP contribution in [0, 0.1) is 0 Å². The Kier molecular flexibility index (Phi) is 6.54. The molecule has 0 radical (unpaired) electrons. The van der Waals surface area contributed by atoms with Crippen LogP contribution in [0.4, 0.5) is 5.13 Å². The SMILES string of the molecule is CC.CCOCC1CN(c2nc3ccc(Cl)cc3s2)Cc2[nH]c3ccc(Cl)cc3c21. The minimum atomic E-state index is 0.256. The van der Waals surface area contributed by atoms with Crippen molar-refractivity contribution in [2.45, 2.75) is 33.2 Å². The van der Waals surface area contributed by atoms with Gasteiger partial charge in [-0.15, -0.1) is 0 Å². The lowest BCUT2D eigenvalue weighted by molar-refractivity contribution is 0.132. The summed E-state index contributed by atoms with van der Waals surface area (Å²) in [5, 5.41) is 3.71. The quantitative estimate of drug-likeness (QED) is 0.347. The molecule has 2 aromatic carbocycles. The van der Waals surface area contributed by atoms with Crippen LogP contribution in [-0.4, -0.2) is 29.7 Å². The van der Waals surface area contributed by atoms with Gasteiger partial charge in [0.15, 0.2) is 5.13 Å². The molecule has 158 valence electrons. The molecule has 5 rings (SSSR count). The third kappa shape index (κ3) is 4.04. The molecule has 1 atom stereocenters. The summed E-state index contributed by atoms with van der Waals surface area (Å²) < 4.78 is 6.94. The minimum Gasteiger partial charge on any atom is -0.381 e. The van der Waals surface area contributed by atoms with E-state index in [9.17, 15) is 0 Å². The van der Waals surface area contributed by atoms with Crippen LogP contribution in [0.1, 0.15) is 37.9 Å². The number of hydrogen-bond donors (Lipinski definition) is 1. The Labute approximate surface area is 190 Å². The van der Waals surface area contributed by atoms with Gasteiger partial charge in [-0.05, 0) is 48.9 Å². The monoisotopic (exact) mass is 461 g/mol. The lowest BCUT2D eigenvalue weighted by atomic mass is 9.92. The highest BCUT2D eigenvalue weighted by Gasteiger charge is 2.30. The smallest absolute Gasteiger partial charge is 0.186 e. The van der Waals surface area contributed by atoms with Crippen molar-refractivity contribution < 1.29 is 4.74 Å². The van der Waals surface area contributed by atoms with Crippen molar-refractivity contribution in [2.75, 3.05) is 24.7 Å². The topological polar surface area (TPSA) is 41.1 Å². The Bertz CT molecular complexity index is 1170. The number of anilines is 1. The predicted molar refractivity (Wildman–Crippen MR) is 130 cm³/mol. The number of nitrogens with zero attached hydrogens (tertiary/aromatic N) is 2. The van der Waals surface area contributed by atoms with Crippen molar-refractivity contribution in [1.29, 1.82) is 0 Å². The van der Waals surface area contributed by atoms with E-state index in [0.29, 0.717) is 13.2 Å². The first-order valence-electron chi connectivity index (χ1n) is 10.3. The molecule has 0 fully saturated rings. The largest absolute Gasteiger partial charge is 0.381 e. The molecule has 1 aliphatic rings. The summed E-state index contributed by atoms with van der Waals surface area (Å²) in [5.74, 6) is 0.256. The maximum Gasteiger partial charge on any atom is 0.186 e. The molecule has 1 unspecified atom stereocenters. The Morgan fingerprint density at radius 2 is 1.93 bits per heavy atom. The average Bonchev–Trinajstić information content (AvgIpc) is 3.34. The normalized spacial score (nSPS) is 15.9. The number of aromatic nitrogens is 2. The fraction of sp³-hybridized carbons (Fsp3) is 0.348. The number of benzene rings is 2. The summed E-state index contributed by atoms with van der Waals surface area (Å²) in [6.45, 7) is 9.06. The van der Waals surface area contributed by atoms with E-state index < -0.39 is 0 Å². The highest BCUT2D eigenvalue weighted by atomic mass is 35.5. The molecular formula is C23H25Cl2N3OS. The van der Waals surface area contributed by atoms with Crippen molar-refractivity contribution in [2.24, 2.45) is 0 Å². The molecule has 1 aliphatic heterocycles. The van der Waals surface area contributed by atoms with Crippen LogP contribution < -0.4 is 4.90 Å². The van der Waals surface area contributed by atoms with Crippen LogP contribution in [0.2, 0.25) is 10.0 Å². The Balaban J connectivity index is 0.00000106. The number of halogens is 2. The lowest BCUT2D eigenvalue weighted by Crippen LogP contribution is -2.35. The second kappa shape index (κ2) is 9.15. The van der Waals surface area contributed by atoms with E-state index in [2.05, 4.69) is 22.0 Å². The van der Waals surface area contributed by atoms with Gasteiger partial charge in [-0.2, -0.15) is 0 Å². The fourth-order valence-corrected chi connectivity index (χ4v) is 5.43. The van der Waals surface area contributed by atoms with E-state index in [0.717, 1.165) is 44.0 Å². The number of fused-ring (bicyclic) bond motifs is 4. The number of rotatable bonds is 4. The van der Waals surface area contributed by atoms with Gasteiger partial charge in [0, 0.05) is 45.7 Å². The van der Waals surface area contributed by atoms with Gasteiger partial charge in [0.25, 0.3) is 0 Å². The number of nitrogens with one attached hydrogen (secondary N) is 1. The van der Waals surface area contributed by atoms with Crippen LogP contribution in [0.3, 0.4) is 0 Å². The van der Waals surface area contributed by atoms with Gasteiger partial charge in [-0.1, -0.05) is 48.4 Å². The van der Waals surface area contributed by atoms with Crippen molar-refractivity contribution in [3.63, 3.8) is 0 Å². The molecule has 0 amide bonds. The molecule has 0 saturated heterocycles. The molecule has 4 aromatic rings. The summed E-state index contributed by atoms with van der Waals surface area (Å²) in [4.78, 5) is 10.8. The van der Waals surface area contributed by atoms with Crippen molar-refractivity contribution in [3.05, 3.63) is 57.7 Å². The maximum absolute atomic E-state index is 6.28.